The van der Waals surface area contributed by atoms with Gasteiger partial charge in [-0.1, -0.05) is 12.1 Å². The van der Waals surface area contributed by atoms with Crippen molar-refractivity contribution in [2.75, 3.05) is 11.9 Å². The summed E-state index contributed by atoms with van der Waals surface area (Å²) in [5, 5.41) is 16.5. The smallest absolute Gasteiger partial charge is 0.242 e. The summed E-state index contributed by atoms with van der Waals surface area (Å²) in [5.74, 6) is 0.457. The summed E-state index contributed by atoms with van der Waals surface area (Å²) in [6.45, 7) is 9.18. The van der Waals surface area contributed by atoms with Crippen molar-refractivity contribution in [3.8, 4) is 17.1 Å². The molecule has 0 radical (unpaired) electrons. The molecule has 1 aromatic carbocycles. The Hall–Kier alpha value is -4.01. The first-order valence-corrected chi connectivity index (χ1v) is 11.0. The Morgan fingerprint density at radius 2 is 2.06 bits per heavy atom. The summed E-state index contributed by atoms with van der Waals surface area (Å²) in [4.78, 5) is 9.32. The van der Waals surface area contributed by atoms with Crippen LogP contribution in [0.5, 0.6) is 5.88 Å². The molecule has 4 aromatic heterocycles. The van der Waals surface area contributed by atoms with Crippen molar-refractivity contribution in [3.05, 3.63) is 54.2 Å². The summed E-state index contributed by atoms with van der Waals surface area (Å²) in [6.07, 6.45) is 3.12. The van der Waals surface area contributed by atoms with Crippen molar-refractivity contribution in [2.45, 2.75) is 40.3 Å². The number of hydrogen-bond acceptors (Lipinski definition) is 8. The number of benzene rings is 1. The van der Waals surface area contributed by atoms with E-state index in [1.807, 2.05) is 48.9 Å². The molecule has 5 rings (SSSR count). The molecule has 4 heterocycles. The van der Waals surface area contributed by atoms with Gasteiger partial charge in [0.2, 0.25) is 5.88 Å². The number of aryl methyl sites for hydroxylation is 1. The summed E-state index contributed by atoms with van der Waals surface area (Å²) >= 11 is 0. The van der Waals surface area contributed by atoms with Crippen LogP contribution >= 0.6 is 0 Å². The molecule has 0 aliphatic rings. The fraction of sp³-hybridized carbons (Fsp3) is 0.292. The standard InChI is InChI=1S/C24H25N7O2/c1-5-32-24-17(9-10-27-29-24)18-11-19(23-21(28-18)15(4)30-31(23)14(2)3)25-12-16-7-6-8-20-22(16)26-13-33-20/h6-11,13-14H,5,12H2,1-4H3,(H,25,28). The molecule has 1 N–H and O–H groups in total. The van der Waals surface area contributed by atoms with Gasteiger partial charge in [-0.3, -0.25) is 4.68 Å². The van der Waals surface area contributed by atoms with Crippen LogP contribution in [0.1, 0.15) is 38.1 Å². The van der Waals surface area contributed by atoms with E-state index in [0.29, 0.717) is 19.0 Å². The average molecular weight is 444 g/mol. The van der Waals surface area contributed by atoms with Gasteiger partial charge >= 0.3 is 0 Å². The molecule has 33 heavy (non-hydrogen) atoms. The number of ether oxygens (including phenoxy) is 1. The Morgan fingerprint density at radius 1 is 1.18 bits per heavy atom. The third-order valence-corrected chi connectivity index (χ3v) is 5.47. The molecule has 9 nitrogen and oxygen atoms in total. The number of nitrogens with zero attached hydrogens (tertiary/aromatic N) is 6. The second-order valence-electron chi connectivity index (χ2n) is 8.03. The van der Waals surface area contributed by atoms with Crippen LogP contribution in [0.4, 0.5) is 5.69 Å². The molecular formula is C24H25N7O2. The first kappa shape index (κ1) is 20.9. The van der Waals surface area contributed by atoms with Gasteiger partial charge in [-0.25, -0.2) is 9.97 Å². The SMILES string of the molecule is CCOc1nnccc1-c1cc(NCc2cccc3ocnc23)c2c(n1)c(C)nn2C(C)C. The van der Waals surface area contributed by atoms with Gasteiger partial charge in [-0.15, -0.1) is 5.10 Å². The van der Waals surface area contributed by atoms with Gasteiger partial charge in [-0.05, 0) is 45.9 Å². The molecule has 0 saturated heterocycles. The number of fused-ring (bicyclic) bond motifs is 2. The van der Waals surface area contributed by atoms with Crippen molar-refractivity contribution in [2.24, 2.45) is 0 Å². The van der Waals surface area contributed by atoms with Gasteiger partial charge in [-0.2, -0.15) is 10.2 Å². The lowest BCUT2D eigenvalue weighted by Crippen LogP contribution is -2.07. The molecule has 0 saturated carbocycles. The minimum absolute atomic E-state index is 0.176. The number of nitrogens with one attached hydrogen (secondary N) is 1. The second kappa shape index (κ2) is 8.50. The van der Waals surface area contributed by atoms with Crippen LogP contribution in [-0.2, 0) is 6.54 Å². The highest BCUT2D eigenvalue weighted by Crippen LogP contribution is 2.34. The van der Waals surface area contributed by atoms with Crippen LogP contribution in [0.25, 0.3) is 33.4 Å². The Balaban J connectivity index is 1.65. The van der Waals surface area contributed by atoms with E-state index in [4.69, 9.17) is 19.2 Å². The maximum absolute atomic E-state index is 5.71. The highest BCUT2D eigenvalue weighted by Gasteiger charge is 2.20. The van der Waals surface area contributed by atoms with Crippen molar-refractivity contribution in [1.82, 2.24) is 29.9 Å². The van der Waals surface area contributed by atoms with E-state index in [0.717, 1.165) is 50.3 Å². The number of aromatic nitrogens is 6. The zero-order valence-electron chi connectivity index (χ0n) is 19.0. The zero-order chi connectivity index (χ0) is 22.9. The van der Waals surface area contributed by atoms with Crippen LogP contribution in [0.2, 0.25) is 0 Å². The number of hydrogen-bond donors (Lipinski definition) is 1. The largest absolute Gasteiger partial charge is 0.476 e. The minimum atomic E-state index is 0.176. The third-order valence-electron chi connectivity index (χ3n) is 5.47. The molecule has 0 atom stereocenters. The molecular weight excluding hydrogens is 418 g/mol. The second-order valence-corrected chi connectivity index (χ2v) is 8.03. The van der Waals surface area contributed by atoms with E-state index in [1.165, 1.54) is 6.39 Å². The Morgan fingerprint density at radius 3 is 2.88 bits per heavy atom. The van der Waals surface area contributed by atoms with Crippen molar-refractivity contribution in [3.63, 3.8) is 0 Å². The molecule has 0 unspecified atom stereocenters. The van der Waals surface area contributed by atoms with Gasteiger partial charge in [0, 0.05) is 18.2 Å². The number of oxazole rings is 1. The maximum atomic E-state index is 5.71. The van der Waals surface area contributed by atoms with Gasteiger partial charge < -0.3 is 14.5 Å². The number of para-hydroxylation sites is 1. The molecule has 0 aliphatic carbocycles. The van der Waals surface area contributed by atoms with Gasteiger partial charge in [0.05, 0.1) is 35.4 Å². The monoisotopic (exact) mass is 443 g/mol. The van der Waals surface area contributed by atoms with Crippen molar-refractivity contribution < 1.29 is 9.15 Å². The Bertz CT molecular complexity index is 1440. The lowest BCUT2D eigenvalue weighted by atomic mass is 10.1. The lowest BCUT2D eigenvalue weighted by Gasteiger charge is -2.15. The van der Waals surface area contributed by atoms with Crippen LogP contribution in [0.3, 0.4) is 0 Å². The van der Waals surface area contributed by atoms with Crippen LogP contribution < -0.4 is 10.1 Å². The molecule has 0 bridgehead atoms. The van der Waals surface area contributed by atoms with Gasteiger partial charge in [0.1, 0.15) is 16.6 Å². The highest BCUT2D eigenvalue weighted by atomic mass is 16.5. The first-order valence-electron chi connectivity index (χ1n) is 11.0. The molecule has 0 aliphatic heterocycles. The topological polar surface area (TPSA) is 104 Å². The minimum Gasteiger partial charge on any atom is -0.476 e. The molecule has 0 amide bonds. The fourth-order valence-corrected chi connectivity index (χ4v) is 3.96. The zero-order valence-corrected chi connectivity index (χ0v) is 19.0. The Labute approximate surface area is 190 Å². The van der Waals surface area contributed by atoms with Crippen molar-refractivity contribution in [1.29, 1.82) is 0 Å². The highest BCUT2D eigenvalue weighted by molar-refractivity contribution is 5.93. The van der Waals surface area contributed by atoms with Crippen LogP contribution in [-0.4, -0.2) is 36.6 Å². The molecule has 9 heteroatoms. The summed E-state index contributed by atoms with van der Waals surface area (Å²) in [6, 6.07) is 9.99. The number of pyridine rings is 1. The lowest BCUT2D eigenvalue weighted by molar-refractivity contribution is 0.324. The van der Waals surface area contributed by atoms with E-state index >= 15 is 0 Å². The average Bonchev–Trinajstić information content (AvgIpc) is 3.43. The maximum Gasteiger partial charge on any atom is 0.242 e. The number of anilines is 1. The summed E-state index contributed by atoms with van der Waals surface area (Å²) in [5.41, 5.74) is 7.76. The predicted molar refractivity (Wildman–Crippen MR) is 126 cm³/mol. The van der Waals surface area contributed by atoms with Gasteiger partial charge in [0.15, 0.2) is 12.0 Å². The van der Waals surface area contributed by atoms with E-state index < -0.39 is 0 Å². The quantitative estimate of drug-likeness (QED) is 0.378. The molecule has 0 spiro atoms. The molecule has 0 fully saturated rings. The van der Waals surface area contributed by atoms with E-state index in [2.05, 4.69) is 34.3 Å². The van der Waals surface area contributed by atoms with E-state index in [1.54, 1.807) is 6.20 Å². The van der Waals surface area contributed by atoms with Crippen LogP contribution in [0.15, 0.2) is 47.3 Å². The van der Waals surface area contributed by atoms with Crippen LogP contribution in [0, 0.1) is 6.92 Å². The predicted octanol–water partition coefficient (Wildman–Crippen LogP) is 4.93. The summed E-state index contributed by atoms with van der Waals surface area (Å²) in [7, 11) is 0. The first-order chi connectivity index (χ1) is 16.1. The number of rotatable bonds is 7. The van der Waals surface area contributed by atoms with E-state index in [-0.39, 0.29) is 6.04 Å². The van der Waals surface area contributed by atoms with Gasteiger partial charge in [0.25, 0.3) is 0 Å². The summed E-state index contributed by atoms with van der Waals surface area (Å²) < 4.78 is 13.2. The normalized spacial score (nSPS) is 11.5. The van der Waals surface area contributed by atoms with E-state index in [9.17, 15) is 0 Å². The van der Waals surface area contributed by atoms with Crippen molar-refractivity contribution >= 4 is 27.8 Å². The third kappa shape index (κ3) is 3.75. The molecule has 5 aromatic rings. The Kier molecular flexibility index (Phi) is 5.37. The fourth-order valence-electron chi connectivity index (χ4n) is 3.96. The molecule has 168 valence electrons.